The van der Waals surface area contributed by atoms with E-state index in [2.05, 4.69) is 50.4 Å². The van der Waals surface area contributed by atoms with E-state index in [-0.39, 0.29) is 33.5 Å². The molecule has 0 saturated carbocycles. The lowest BCUT2D eigenvalue weighted by molar-refractivity contribution is -0.129. The van der Waals surface area contributed by atoms with Crippen molar-refractivity contribution in [2.24, 2.45) is 0 Å². The zero-order chi connectivity index (χ0) is 22.0. The molecule has 1 saturated heterocycles. The molecule has 6 heteroatoms. The van der Waals surface area contributed by atoms with Crippen LogP contribution in [0.15, 0.2) is 24.3 Å². The lowest BCUT2D eigenvalue weighted by Crippen LogP contribution is -2.50. The Balaban J connectivity index is 2.12. The number of nitrogens with zero attached hydrogens (tertiary/aromatic N) is 2. The highest BCUT2D eigenvalue weighted by atomic mass is 32.2. The minimum absolute atomic E-state index is 0.00379. The molecule has 5 nitrogen and oxygen atoms in total. The van der Waals surface area contributed by atoms with Gasteiger partial charge in [-0.25, -0.2) is 4.79 Å². The van der Waals surface area contributed by atoms with E-state index in [9.17, 15) is 9.59 Å². The lowest BCUT2D eigenvalue weighted by atomic mass is 9.86. The monoisotopic (exact) mass is 419 g/mol. The van der Waals surface area contributed by atoms with E-state index in [0.717, 1.165) is 5.56 Å². The number of carbonyl (C=O) groups excluding carboxylic acids is 2. The van der Waals surface area contributed by atoms with E-state index in [1.807, 2.05) is 39.5 Å². The van der Waals surface area contributed by atoms with Crippen LogP contribution in [0.1, 0.15) is 71.9 Å². The quantitative estimate of drug-likeness (QED) is 0.747. The predicted octanol–water partition coefficient (Wildman–Crippen LogP) is 4.78. The topological polar surface area (TPSA) is 52.7 Å². The molecule has 0 spiro atoms. The number of nitrogens with one attached hydrogen (secondary N) is 1. The van der Waals surface area contributed by atoms with Gasteiger partial charge in [-0.1, -0.05) is 45.0 Å². The van der Waals surface area contributed by atoms with Crippen LogP contribution in [0.25, 0.3) is 0 Å². The molecule has 29 heavy (non-hydrogen) atoms. The minimum Gasteiger partial charge on any atom is -0.333 e. The molecule has 0 radical (unpaired) electrons. The first-order chi connectivity index (χ1) is 13.3. The summed E-state index contributed by atoms with van der Waals surface area (Å²) >= 11 is 1.68. The van der Waals surface area contributed by atoms with Gasteiger partial charge in [-0.15, -0.1) is 11.8 Å². The molecular weight excluding hydrogens is 382 g/mol. The summed E-state index contributed by atoms with van der Waals surface area (Å²) in [6.45, 7) is 18.1. The van der Waals surface area contributed by atoms with Gasteiger partial charge in [0.2, 0.25) is 5.91 Å². The van der Waals surface area contributed by atoms with Gasteiger partial charge in [-0.3, -0.25) is 4.79 Å². The molecular formula is C23H37N3O2S. The standard InChI is InChI=1S/C23H37N3O2S/c1-9-25(21(28)24-23(6,7)8)14-15-26-19(27)16(2)29-20(26)17-10-12-18(13-11-17)22(3,4)5/h10-13,16,20H,9,14-15H2,1-8H3,(H,24,28)/t16-,20-/m1/s1. The van der Waals surface area contributed by atoms with Gasteiger partial charge in [0.25, 0.3) is 0 Å². The summed E-state index contributed by atoms with van der Waals surface area (Å²) in [5.41, 5.74) is 2.25. The molecule has 2 atom stereocenters. The maximum Gasteiger partial charge on any atom is 0.317 e. The van der Waals surface area contributed by atoms with Gasteiger partial charge in [0.15, 0.2) is 0 Å². The molecule has 2 rings (SSSR count). The summed E-state index contributed by atoms with van der Waals surface area (Å²) in [6, 6.07) is 8.52. The predicted molar refractivity (Wildman–Crippen MR) is 122 cm³/mol. The first kappa shape index (κ1) is 23.6. The summed E-state index contributed by atoms with van der Waals surface area (Å²) in [6.07, 6.45) is 0. The van der Waals surface area contributed by atoms with E-state index in [1.165, 1.54) is 5.56 Å². The molecule has 1 aromatic rings. The van der Waals surface area contributed by atoms with Crippen molar-refractivity contribution in [1.82, 2.24) is 15.1 Å². The fourth-order valence-electron chi connectivity index (χ4n) is 3.34. The van der Waals surface area contributed by atoms with Crippen LogP contribution in [0.5, 0.6) is 0 Å². The van der Waals surface area contributed by atoms with Crippen molar-refractivity contribution in [3.05, 3.63) is 35.4 Å². The Bertz CT molecular complexity index is 719. The average Bonchev–Trinajstić information content (AvgIpc) is 2.88. The number of benzene rings is 1. The van der Waals surface area contributed by atoms with E-state index in [1.54, 1.807) is 16.7 Å². The van der Waals surface area contributed by atoms with E-state index in [0.29, 0.717) is 19.6 Å². The van der Waals surface area contributed by atoms with Gasteiger partial charge < -0.3 is 15.1 Å². The molecule has 1 aromatic carbocycles. The molecule has 1 heterocycles. The second kappa shape index (κ2) is 8.99. The maximum atomic E-state index is 12.8. The maximum absolute atomic E-state index is 12.8. The number of thioether (sulfide) groups is 1. The van der Waals surface area contributed by atoms with Crippen LogP contribution in [0.2, 0.25) is 0 Å². The van der Waals surface area contributed by atoms with Gasteiger partial charge in [0.05, 0.1) is 5.25 Å². The van der Waals surface area contributed by atoms with Crippen LogP contribution in [0, 0.1) is 0 Å². The number of amides is 3. The van der Waals surface area contributed by atoms with Crippen LogP contribution in [0.3, 0.4) is 0 Å². The highest BCUT2D eigenvalue weighted by Crippen LogP contribution is 2.43. The van der Waals surface area contributed by atoms with Crippen molar-refractivity contribution >= 4 is 23.7 Å². The fourth-order valence-corrected chi connectivity index (χ4v) is 4.65. The van der Waals surface area contributed by atoms with Crippen LogP contribution >= 0.6 is 11.8 Å². The zero-order valence-corrected chi connectivity index (χ0v) is 20.0. The second-order valence-corrected chi connectivity index (χ2v) is 11.2. The normalized spacial score (nSPS) is 20.1. The fraction of sp³-hybridized carbons (Fsp3) is 0.652. The lowest BCUT2D eigenvalue weighted by Gasteiger charge is -2.31. The van der Waals surface area contributed by atoms with Crippen LogP contribution in [-0.4, -0.2) is 52.2 Å². The van der Waals surface area contributed by atoms with Crippen molar-refractivity contribution in [3.8, 4) is 0 Å². The highest BCUT2D eigenvalue weighted by Gasteiger charge is 2.38. The number of hydrogen-bond acceptors (Lipinski definition) is 3. The number of rotatable bonds is 5. The van der Waals surface area contributed by atoms with Gasteiger partial charge in [-0.05, 0) is 51.2 Å². The van der Waals surface area contributed by atoms with Gasteiger partial charge in [-0.2, -0.15) is 0 Å². The van der Waals surface area contributed by atoms with Crippen molar-refractivity contribution in [3.63, 3.8) is 0 Å². The summed E-state index contributed by atoms with van der Waals surface area (Å²) in [5, 5.41) is 2.93. The Morgan fingerprint density at radius 2 is 1.72 bits per heavy atom. The average molecular weight is 420 g/mol. The summed E-state index contributed by atoms with van der Waals surface area (Å²) in [4.78, 5) is 29.0. The molecule has 0 unspecified atom stereocenters. The molecule has 0 aliphatic carbocycles. The van der Waals surface area contributed by atoms with Gasteiger partial charge in [0.1, 0.15) is 5.37 Å². The first-order valence-electron chi connectivity index (χ1n) is 10.5. The van der Waals surface area contributed by atoms with Crippen molar-refractivity contribution in [2.75, 3.05) is 19.6 Å². The summed E-state index contributed by atoms with van der Waals surface area (Å²) < 4.78 is 0. The Hall–Kier alpha value is -1.69. The Morgan fingerprint density at radius 1 is 1.14 bits per heavy atom. The Morgan fingerprint density at radius 3 is 2.21 bits per heavy atom. The first-order valence-corrected chi connectivity index (χ1v) is 11.4. The van der Waals surface area contributed by atoms with Crippen LogP contribution in [-0.2, 0) is 10.2 Å². The Kier molecular flexibility index (Phi) is 7.31. The van der Waals surface area contributed by atoms with Crippen LogP contribution in [0.4, 0.5) is 4.79 Å². The van der Waals surface area contributed by atoms with E-state index < -0.39 is 0 Å². The molecule has 1 aliphatic heterocycles. The molecule has 1 fully saturated rings. The molecule has 1 N–H and O–H groups in total. The van der Waals surface area contributed by atoms with Crippen molar-refractivity contribution in [1.29, 1.82) is 0 Å². The van der Waals surface area contributed by atoms with Gasteiger partial charge in [0, 0.05) is 25.2 Å². The number of urea groups is 1. The number of likely N-dealkylation sites (N-methyl/N-ethyl adjacent to an activating group) is 1. The molecule has 0 bridgehead atoms. The third kappa shape index (κ3) is 6.14. The second-order valence-electron chi connectivity index (χ2n) is 9.79. The van der Waals surface area contributed by atoms with Gasteiger partial charge >= 0.3 is 6.03 Å². The zero-order valence-electron chi connectivity index (χ0n) is 19.2. The number of hydrogen-bond donors (Lipinski definition) is 1. The van der Waals surface area contributed by atoms with Crippen molar-refractivity contribution in [2.45, 2.75) is 77.0 Å². The number of carbonyl (C=O) groups is 2. The Labute approximate surface area is 180 Å². The highest BCUT2D eigenvalue weighted by molar-refractivity contribution is 8.01. The van der Waals surface area contributed by atoms with Crippen LogP contribution < -0.4 is 5.32 Å². The minimum atomic E-state index is -0.282. The molecule has 0 aromatic heterocycles. The largest absolute Gasteiger partial charge is 0.333 e. The molecule has 3 amide bonds. The van der Waals surface area contributed by atoms with Crippen molar-refractivity contribution < 1.29 is 9.59 Å². The molecule has 162 valence electrons. The summed E-state index contributed by atoms with van der Waals surface area (Å²) in [7, 11) is 0. The summed E-state index contributed by atoms with van der Waals surface area (Å²) in [5.74, 6) is 0.146. The van der Waals surface area contributed by atoms with E-state index >= 15 is 0 Å². The smallest absolute Gasteiger partial charge is 0.317 e. The SMILES string of the molecule is CCN(CCN1C(=O)[C@@H](C)S[C@@H]1c1ccc(C(C)(C)C)cc1)C(=O)NC(C)(C)C. The molecule has 1 aliphatic rings. The van der Waals surface area contributed by atoms with E-state index in [4.69, 9.17) is 0 Å². The third-order valence-corrected chi connectivity index (χ3v) is 6.46. The third-order valence-electron chi connectivity index (χ3n) is 5.07.